The van der Waals surface area contributed by atoms with E-state index in [-0.39, 0.29) is 43.5 Å². The van der Waals surface area contributed by atoms with Gasteiger partial charge in [0.05, 0.1) is 12.5 Å². The number of carbonyl (C=O) groups is 3. The third-order valence-corrected chi connectivity index (χ3v) is 3.67. The zero-order valence-corrected chi connectivity index (χ0v) is 10.7. The summed E-state index contributed by atoms with van der Waals surface area (Å²) >= 11 is 0. The Hall–Kier alpha value is -1.79. The maximum Gasteiger partial charge on any atom is 0.318 e. The average Bonchev–Trinajstić information content (AvgIpc) is 2.37. The van der Waals surface area contributed by atoms with Crippen LogP contribution in [-0.4, -0.2) is 53.1 Å². The van der Waals surface area contributed by atoms with Gasteiger partial charge in [-0.3, -0.25) is 9.59 Å². The number of rotatable bonds is 3. The molecule has 3 N–H and O–H groups in total. The van der Waals surface area contributed by atoms with E-state index in [1.54, 1.807) is 4.90 Å². The van der Waals surface area contributed by atoms with Gasteiger partial charge in [0.2, 0.25) is 5.91 Å². The fraction of sp³-hybridized carbons (Fsp3) is 0.750. The first kappa shape index (κ1) is 13.6. The van der Waals surface area contributed by atoms with Crippen LogP contribution in [0.1, 0.15) is 32.1 Å². The van der Waals surface area contributed by atoms with E-state index in [0.29, 0.717) is 0 Å². The van der Waals surface area contributed by atoms with Crippen LogP contribution in [-0.2, 0) is 9.59 Å². The maximum absolute atomic E-state index is 12.0. The van der Waals surface area contributed by atoms with Gasteiger partial charge in [-0.2, -0.15) is 0 Å². The van der Waals surface area contributed by atoms with Crippen molar-refractivity contribution in [3.63, 3.8) is 0 Å². The van der Waals surface area contributed by atoms with Crippen molar-refractivity contribution in [2.24, 2.45) is 0 Å². The number of carboxylic acid groups (broad SMARTS) is 1. The number of fused-ring (bicyclic) bond motifs is 1. The number of urea groups is 1. The minimum absolute atomic E-state index is 0.0382. The summed E-state index contributed by atoms with van der Waals surface area (Å²) in [7, 11) is 0. The van der Waals surface area contributed by atoms with Crippen LogP contribution in [0.3, 0.4) is 0 Å². The standard InChI is InChI=1S/C12H19N3O4/c16-10-7-15(12(19)13-6-5-11(17)18)9-4-2-1-3-8(9)14-10/h8-9H,1-7H2,(H,13,19)(H,14,16)(H,17,18). The highest BCUT2D eigenvalue weighted by molar-refractivity contribution is 5.86. The molecular weight excluding hydrogens is 250 g/mol. The van der Waals surface area contributed by atoms with E-state index in [0.717, 1.165) is 25.7 Å². The van der Waals surface area contributed by atoms with Gasteiger partial charge < -0.3 is 20.6 Å². The van der Waals surface area contributed by atoms with E-state index in [1.165, 1.54) is 0 Å². The van der Waals surface area contributed by atoms with Crippen molar-refractivity contribution in [1.29, 1.82) is 0 Å². The first-order valence-electron chi connectivity index (χ1n) is 6.63. The molecule has 1 saturated heterocycles. The van der Waals surface area contributed by atoms with E-state index in [2.05, 4.69) is 10.6 Å². The predicted molar refractivity (Wildman–Crippen MR) is 66.5 cm³/mol. The van der Waals surface area contributed by atoms with Crippen LogP contribution in [0.4, 0.5) is 4.79 Å². The molecule has 2 atom stereocenters. The third kappa shape index (κ3) is 3.36. The lowest BCUT2D eigenvalue weighted by atomic mass is 9.87. The van der Waals surface area contributed by atoms with Crippen LogP contribution in [0, 0.1) is 0 Å². The van der Waals surface area contributed by atoms with Crippen molar-refractivity contribution >= 4 is 17.9 Å². The first-order chi connectivity index (χ1) is 9.08. The molecule has 0 radical (unpaired) electrons. The number of aliphatic carboxylic acids is 1. The number of amides is 3. The quantitative estimate of drug-likeness (QED) is 0.667. The molecule has 3 amide bonds. The Morgan fingerprint density at radius 2 is 2.11 bits per heavy atom. The highest BCUT2D eigenvalue weighted by Crippen LogP contribution is 2.25. The molecule has 2 aliphatic rings. The van der Waals surface area contributed by atoms with Crippen LogP contribution < -0.4 is 10.6 Å². The Morgan fingerprint density at radius 1 is 1.37 bits per heavy atom. The summed E-state index contributed by atoms with van der Waals surface area (Å²) in [5, 5.41) is 14.0. The topological polar surface area (TPSA) is 98.7 Å². The molecule has 19 heavy (non-hydrogen) atoms. The van der Waals surface area contributed by atoms with Gasteiger partial charge in [-0.1, -0.05) is 12.8 Å². The summed E-state index contributed by atoms with van der Waals surface area (Å²) in [5.41, 5.74) is 0. The minimum Gasteiger partial charge on any atom is -0.481 e. The third-order valence-electron chi connectivity index (χ3n) is 3.67. The number of hydrogen-bond acceptors (Lipinski definition) is 3. The lowest BCUT2D eigenvalue weighted by molar-refractivity contribution is -0.137. The molecule has 0 aromatic carbocycles. The number of piperazine rings is 1. The summed E-state index contributed by atoms with van der Waals surface area (Å²) in [6.45, 7) is 0.143. The molecule has 2 rings (SSSR count). The first-order valence-corrected chi connectivity index (χ1v) is 6.63. The van der Waals surface area contributed by atoms with E-state index in [1.807, 2.05) is 0 Å². The Kier molecular flexibility index (Phi) is 4.24. The fourth-order valence-electron chi connectivity index (χ4n) is 2.78. The molecule has 1 saturated carbocycles. The summed E-state index contributed by atoms with van der Waals surface area (Å²) in [5.74, 6) is -1.09. The smallest absolute Gasteiger partial charge is 0.318 e. The molecule has 2 fully saturated rings. The molecule has 106 valence electrons. The summed E-state index contributed by atoms with van der Waals surface area (Å²) in [4.78, 5) is 35.6. The SMILES string of the molecule is O=C(O)CCNC(=O)N1CC(=O)NC2CCCCC21. The van der Waals surface area contributed by atoms with Crippen molar-refractivity contribution in [3.05, 3.63) is 0 Å². The predicted octanol–water partition coefficient (Wildman–Crippen LogP) is -0.0863. The maximum atomic E-state index is 12.0. The van der Waals surface area contributed by atoms with Crippen molar-refractivity contribution in [2.75, 3.05) is 13.1 Å². The van der Waals surface area contributed by atoms with Gasteiger partial charge in [-0.25, -0.2) is 4.79 Å². The average molecular weight is 269 g/mol. The molecule has 2 unspecified atom stereocenters. The van der Waals surface area contributed by atoms with E-state index in [4.69, 9.17) is 5.11 Å². The Balaban J connectivity index is 1.93. The van der Waals surface area contributed by atoms with Crippen molar-refractivity contribution < 1.29 is 19.5 Å². The van der Waals surface area contributed by atoms with Gasteiger partial charge >= 0.3 is 12.0 Å². The van der Waals surface area contributed by atoms with Crippen molar-refractivity contribution in [1.82, 2.24) is 15.5 Å². The molecule has 1 aliphatic heterocycles. The Labute approximate surface area is 111 Å². The molecule has 0 aromatic rings. The van der Waals surface area contributed by atoms with Gasteiger partial charge in [-0.05, 0) is 12.8 Å². The Morgan fingerprint density at radius 3 is 2.84 bits per heavy atom. The van der Waals surface area contributed by atoms with Crippen LogP contribution >= 0.6 is 0 Å². The molecule has 1 aliphatic carbocycles. The molecule has 7 nitrogen and oxygen atoms in total. The zero-order chi connectivity index (χ0) is 13.8. The lowest BCUT2D eigenvalue weighted by Crippen LogP contribution is -2.64. The summed E-state index contributed by atoms with van der Waals surface area (Å²) < 4.78 is 0. The number of carboxylic acids is 1. The second kappa shape index (κ2) is 5.90. The Bertz CT molecular complexity index is 385. The molecule has 7 heteroatoms. The van der Waals surface area contributed by atoms with Crippen LogP contribution in [0.2, 0.25) is 0 Å². The highest BCUT2D eigenvalue weighted by atomic mass is 16.4. The van der Waals surface area contributed by atoms with E-state index in [9.17, 15) is 14.4 Å². The van der Waals surface area contributed by atoms with E-state index < -0.39 is 5.97 Å². The summed E-state index contributed by atoms with van der Waals surface area (Å²) in [6.07, 6.45) is 3.79. The van der Waals surface area contributed by atoms with Crippen molar-refractivity contribution in [2.45, 2.75) is 44.2 Å². The number of hydrogen-bond donors (Lipinski definition) is 3. The second-order valence-electron chi connectivity index (χ2n) is 5.03. The monoisotopic (exact) mass is 269 g/mol. The van der Waals surface area contributed by atoms with Crippen LogP contribution in [0.25, 0.3) is 0 Å². The largest absolute Gasteiger partial charge is 0.481 e. The molecular formula is C12H19N3O4. The van der Waals surface area contributed by atoms with Gasteiger partial charge in [0, 0.05) is 12.6 Å². The van der Waals surface area contributed by atoms with Crippen molar-refractivity contribution in [3.8, 4) is 0 Å². The zero-order valence-electron chi connectivity index (χ0n) is 10.7. The minimum atomic E-state index is -0.952. The van der Waals surface area contributed by atoms with Gasteiger partial charge in [0.1, 0.15) is 6.54 Å². The number of nitrogens with one attached hydrogen (secondary N) is 2. The highest BCUT2D eigenvalue weighted by Gasteiger charge is 2.38. The second-order valence-corrected chi connectivity index (χ2v) is 5.03. The summed E-state index contributed by atoms with van der Waals surface area (Å²) in [6, 6.07) is -0.260. The molecule has 0 spiro atoms. The number of nitrogens with zero attached hydrogens (tertiary/aromatic N) is 1. The van der Waals surface area contributed by atoms with Gasteiger partial charge in [0.15, 0.2) is 0 Å². The van der Waals surface area contributed by atoms with E-state index >= 15 is 0 Å². The fourth-order valence-corrected chi connectivity index (χ4v) is 2.78. The normalized spacial score (nSPS) is 26.3. The van der Waals surface area contributed by atoms with Gasteiger partial charge in [0.25, 0.3) is 0 Å². The molecule has 1 heterocycles. The molecule has 0 bridgehead atoms. The molecule has 0 aromatic heterocycles. The van der Waals surface area contributed by atoms with Gasteiger partial charge in [-0.15, -0.1) is 0 Å². The van der Waals surface area contributed by atoms with Crippen LogP contribution in [0.5, 0.6) is 0 Å². The lowest BCUT2D eigenvalue weighted by Gasteiger charge is -2.43. The number of carbonyl (C=O) groups excluding carboxylic acids is 2. The van der Waals surface area contributed by atoms with Crippen LogP contribution in [0.15, 0.2) is 0 Å².